The lowest BCUT2D eigenvalue weighted by Gasteiger charge is -2.44. The van der Waals surface area contributed by atoms with Crippen molar-refractivity contribution in [1.29, 1.82) is 0 Å². The summed E-state index contributed by atoms with van der Waals surface area (Å²) in [5.74, 6) is 7.31. The largest absolute Gasteiger partial charge is 0.377 e. The van der Waals surface area contributed by atoms with E-state index in [1.165, 1.54) is 19.3 Å². The first-order valence-electron chi connectivity index (χ1n) is 7.05. The van der Waals surface area contributed by atoms with Gasteiger partial charge in [0.2, 0.25) is 0 Å². The fourth-order valence-corrected chi connectivity index (χ4v) is 2.94. The zero-order chi connectivity index (χ0) is 12.9. The summed E-state index contributed by atoms with van der Waals surface area (Å²) >= 11 is 0. The Bertz CT molecular complexity index is 210. The highest BCUT2D eigenvalue weighted by atomic mass is 16.5. The van der Waals surface area contributed by atoms with Crippen LogP contribution < -0.4 is 11.3 Å². The summed E-state index contributed by atoms with van der Waals surface area (Å²) in [5, 5.41) is 0. The van der Waals surface area contributed by atoms with Gasteiger partial charge in [-0.05, 0) is 50.4 Å². The van der Waals surface area contributed by atoms with Crippen LogP contribution in [0.5, 0.6) is 0 Å². The zero-order valence-electron chi connectivity index (χ0n) is 12.0. The molecule has 0 amide bonds. The van der Waals surface area contributed by atoms with Crippen LogP contribution in [0.15, 0.2) is 0 Å². The van der Waals surface area contributed by atoms with Crippen molar-refractivity contribution in [3.63, 3.8) is 0 Å². The van der Waals surface area contributed by atoms with Crippen LogP contribution in [0.1, 0.15) is 59.3 Å². The molecule has 0 heterocycles. The first-order chi connectivity index (χ1) is 8.04. The van der Waals surface area contributed by atoms with Gasteiger partial charge in [0.05, 0.1) is 11.6 Å². The van der Waals surface area contributed by atoms with Gasteiger partial charge in [-0.2, -0.15) is 0 Å². The highest BCUT2D eigenvalue weighted by Gasteiger charge is 2.40. The molecule has 1 aliphatic carbocycles. The molecule has 1 atom stereocenters. The van der Waals surface area contributed by atoms with E-state index < -0.39 is 0 Å². The summed E-state index contributed by atoms with van der Waals surface area (Å²) in [4.78, 5) is 0. The number of hydrogen-bond acceptors (Lipinski definition) is 3. The number of ether oxygens (including phenoxy) is 1. The van der Waals surface area contributed by atoms with Crippen molar-refractivity contribution in [3.05, 3.63) is 0 Å². The summed E-state index contributed by atoms with van der Waals surface area (Å²) < 4.78 is 5.87. The van der Waals surface area contributed by atoms with Crippen LogP contribution in [-0.4, -0.2) is 18.8 Å². The van der Waals surface area contributed by atoms with E-state index in [1.54, 1.807) is 0 Å². The molecule has 1 unspecified atom stereocenters. The van der Waals surface area contributed by atoms with Crippen LogP contribution in [0, 0.1) is 11.8 Å². The normalized spacial score (nSPS) is 31.8. The van der Waals surface area contributed by atoms with E-state index in [4.69, 9.17) is 10.6 Å². The van der Waals surface area contributed by atoms with E-state index in [1.807, 2.05) is 7.11 Å². The van der Waals surface area contributed by atoms with E-state index in [9.17, 15) is 0 Å². The van der Waals surface area contributed by atoms with Gasteiger partial charge >= 0.3 is 0 Å². The van der Waals surface area contributed by atoms with Gasteiger partial charge in [-0.1, -0.05) is 20.8 Å². The zero-order valence-corrected chi connectivity index (χ0v) is 12.0. The summed E-state index contributed by atoms with van der Waals surface area (Å²) in [6.07, 6.45) is 7.10. The molecule has 102 valence electrons. The Kier molecular flexibility index (Phi) is 5.90. The molecule has 0 aromatic rings. The Morgan fingerprint density at radius 3 is 2.29 bits per heavy atom. The molecule has 0 aromatic carbocycles. The van der Waals surface area contributed by atoms with Crippen molar-refractivity contribution >= 4 is 0 Å². The molecule has 1 saturated carbocycles. The first-order valence-corrected chi connectivity index (χ1v) is 7.05. The van der Waals surface area contributed by atoms with E-state index in [0.29, 0.717) is 6.04 Å². The molecule has 0 bridgehead atoms. The average molecular weight is 242 g/mol. The number of nitrogens with two attached hydrogens (primary N) is 1. The lowest BCUT2D eigenvalue weighted by molar-refractivity contribution is -0.0774. The molecular formula is C14H30N2O. The Balaban J connectivity index is 2.61. The van der Waals surface area contributed by atoms with Crippen LogP contribution in [-0.2, 0) is 4.74 Å². The molecule has 17 heavy (non-hydrogen) atoms. The topological polar surface area (TPSA) is 47.3 Å². The van der Waals surface area contributed by atoms with Crippen molar-refractivity contribution in [1.82, 2.24) is 5.43 Å². The van der Waals surface area contributed by atoms with Gasteiger partial charge in [0.15, 0.2) is 0 Å². The van der Waals surface area contributed by atoms with Crippen LogP contribution in [0.3, 0.4) is 0 Å². The molecule has 3 heteroatoms. The summed E-state index contributed by atoms with van der Waals surface area (Å²) in [7, 11) is 1.84. The quantitative estimate of drug-likeness (QED) is 0.556. The van der Waals surface area contributed by atoms with Crippen molar-refractivity contribution < 1.29 is 4.74 Å². The van der Waals surface area contributed by atoms with E-state index in [2.05, 4.69) is 26.2 Å². The molecule has 0 radical (unpaired) electrons. The number of methoxy groups -OCH3 is 1. The Morgan fingerprint density at radius 1 is 1.29 bits per heavy atom. The SMILES string of the molecule is COC1(C(CCC(C)C)NN)CCC(C)CC1. The molecule has 0 aromatic heterocycles. The minimum Gasteiger partial charge on any atom is -0.377 e. The molecule has 0 saturated heterocycles. The van der Waals surface area contributed by atoms with Gasteiger partial charge in [0.25, 0.3) is 0 Å². The van der Waals surface area contributed by atoms with Crippen molar-refractivity contribution in [2.75, 3.05) is 7.11 Å². The Hall–Kier alpha value is -0.120. The first kappa shape index (κ1) is 14.9. The molecule has 0 aliphatic heterocycles. The smallest absolute Gasteiger partial charge is 0.0844 e. The van der Waals surface area contributed by atoms with Gasteiger partial charge < -0.3 is 4.74 Å². The van der Waals surface area contributed by atoms with E-state index >= 15 is 0 Å². The number of hydrazine groups is 1. The van der Waals surface area contributed by atoms with Crippen LogP contribution in [0.4, 0.5) is 0 Å². The molecular weight excluding hydrogens is 212 g/mol. The fraction of sp³-hybridized carbons (Fsp3) is 1.00. The molecule has 1 rings (SSSR count). The lowest BCUT2D eigenvalue weighted by atomic mass is 9.74. The van der Waals surface area contributed by atoms with Crippen LogP contribution in [0.25, 0.3) is 0 Å². The van der Waals surface area contributed by atoms with Gasteiger partial charge in [-0.15, -0.1) is 0 Å². The molecule has 3 N–H and O–H groups in total. The Labute approximate surface area is 106 Å². The van der Waals surface area contributed by atoms with E-state index in [0.717, 1.165) is 31.1 Å². The second-order valence-electron chi connectivity index (χ2n) is 6.14. The third-order valence-corrected chi connectivity index (χ3v) is 4.40. The molecule has 0 spiro atoms. The average Bonchev–Trinajstić information content (AvgIpc) is 2.32. The van der Waals surface area contributed by atoms with Crippen molar-refractivity contribution in [3.8, 4) is 0 Å². The Morgan fingerprint density at radius 2 is 1.88 bits per heavy atom. The van der Waals surface area contributed by atoms with Gasteiger partial charge in [-0.25, -0.2) is 0 Å². The predicted molar refractivity (Wildman–Crippen MR) is 72.6 cm³/mol. The van der Waals surface area contributed by atoms with Gasteiger partial charge in [0, 0.05) is 7.11 Å². The van der Waals surface area contributed by atoms with Crippen LogP contribution >= 0.6 is 0 Å². The minimum absolute atomic E-state index is 0.0316. The lowest BCUT2D eigenvalue weighted by Crippen LogP contribution is -2.56. The second-order valence-corrected chi connectivity index (χ2v) is 6.14. The number of nitrogens with one attached hydrogen (secondary N) is 1. The van der Waals surface area contributed by atoms with Gasteiger partial charge in [-0.3, -0.25) is 11.3 Å². The summed E-state index contributed by atoms with van der Waals surface area (Å²) in [6.45, 7) is 6.85. The van der Waals surface area contributed by atoms with Crippen molar-refractivity contribution in [2.45, 2.75) is 70.9 Å². The third kappa shape index (κ3) is 3.94. The van der Waals surface area contributed by atoms with E-state index in [-0.39, 0.29) is 5.60 Å². The number of rotatable bonds is 6. The summed E-state index contributed by atoms with van der Waals surface area (Å²) in [6, 6.07) is 0.294. The molecule has 1 fully saturated rings. The maximum atomic E-state index is 5.87. The monoisotopic (exact) mass is 242 g/mol. The number of hydrogen-bond donors (Lipinski definition) is 2. The fourth-order valence-electron chi connectivity index (χ4n) is 2.94. The minimum atomic E-state index is -0.0316. The standard InChI is InChI=1S/C14H30N2O/c1-11(2)5-6-13(16-15)14(17-4)9-7-12(3)8-10-14/h11-13,16H,5-10,15H2,1-4H3. The highest BCUT2D eigenvalue weighted by molar-refractivity contribution is 4.95. The molecule has 1 aliphatic rings. The van der Waals surface area contributed by atoms with Gasteiger partial charge in [0.1, 0.15) is 0 Å². The maximum Gasteiger partial charge on any atom is 0.0844 e. The summed E-state index contributed by atoms with van der Waals surface area (Å²) in [5.41, 5.74) is 2.98. The highest BCUT2D eigenvalue weighted by Crippen LogP contribution is 2.38. The predicted octanol–water partition coefficient (Wildman–Crippen LogP) is 2.85. The molecule has 3 nitrogen and oxygen atoms in total. The second kappa shape index (κ2) is 6.72. The van der Waals surface area contributed by atoms with Crippen LogP contribution in [0.2, 0.25) is 0 Å². The van der Waals surface area contributed by atoms with Crippen molar-refractivity contribution in [2.24, 2.45) is 17.7 Å². The third-order valence-electron chi connectivity index (χ3n) is 4.40. The maximum absolute atomic E-state index is 5.87.